The largest absolute Gasteiger partial charge is 0.494 e. The number of methoxy groups -OCH3 is 1. The quantitative estimate of drug-likeness (QED) is 0.647. The van der Waals surface area contributed by atoms with Gasteiger partial charge in [-0.05, 0) is 25.0 Å². The molecule has 0 aliphatic heterocycles. The Kier molecular flexibility index (Phi) is 3.61. The molecule has 0 unspecified atom stereocenters. The van der Waals surface area contributed by atoms with E-state index in [2.05, 4.69) is 6.07 Å². The van der Waals surface area contributed by atoms with Crippen LogP contribution in [0.5, 0.6) is 5.75 Å². The second-order valence-electron chi connectivity index (χ2n) is 4.84. The third kappa shape index (κ3) is 2.79. The van der Waals surface area contributed by atoms with Crippen LogP contribution in [-0.2, 0) is 4.74 Å². The van der Waals surface area contributed by atoms with Gasteiger partial charge in [0.15, 0.2) is 5.75 Å². The van der Waals surface area contributed by atoms with Crippen LogP contribution in [0.25, 0.3) is 0 Å². The molecule has 0 radical (unpaired) electrons. The number of para-hydroxylation sites is 1. The first-order valence-electron chi connectivity index (χ1n) is 6.08. The Morgan fingerprint density at radius 2 is 2.26 bits per heavy atom. The lowest BCUT2D eigenvalue weighted by Crippen LogP contribution is -2.16. The van der Waals surface area contributed by atoms with E-state index < -0.39 is 5.97 Å². The minimum Gasteiger partial charge on any atom is -0.494 e. The molecule has 0 aromatic heterocycles. The maximum absolute atomic E-state index is 12.0. The number of rotatable bonds is 5. The highest BCUT2D eigenvalue weighted by Crippen LogP contribution is 2.48. The van der Waals surface area contributed by atoms with Crippen LogP contribution in [0.3, 0.4) is 0 Å². The molecule has 2 rings (SSSR count). The Morgan fingerprint density at radius 1 is 1.53 bits per heavy atom. The predicted octanol–water partition coefficient (Wildman–Crippen LogP) is 2.13. The first-order chi connectivity index (χ1) is 9.12. The van der Waals surface area contributed by atoms with Gasteiger partial charge in [0.25, 0.3) is 0 Å². The van der Waals surface area contributed by atoms with Gasteiger partial charge in [-0.1, -0.05) is 6.07 Å². The second-order valence-corrected chi connectivity index (χ2v) is 4.84. The number of ether oxygens (including phenoxy) is 2. The molecule has 0 saturated heterocycles. The topological polar surface area (TPSA) is 85.3 Å². The molecule has 5 nitrogen and oxygen atoms in total. The molecule has 0 bridgehead atoms. The number of carbonyl (C=O) groups is 1. The molecule has 1 aliphatic carbocycles. The molecule has 1 aromatic carbocycles. The van der Waals surface area contributed by atoms with Gasteiger partial charge in [0.05, 0.1) is 25.5 Å². The van der Waals surface area contributed by atoms with E-state index in [0.717, 1.165) is 12.8 Å². The lowest BCUT2D eigenvalue weighted by Gasteiger charge is -2.14. The fourth-order valence-corrected chi connectivity index (χ4v) is 1.96. The lowest BCUT2D eigenvalue weighted by molar-refractivity contribution is 0.0416. The van der Waals surface area contributed by atoms with Crippen LogP contribution in [0.1, 0.15) is 29.6 Å². The first kappa shape index (κ1) is 13.2. The molecule has 100 valence electrons. The van der Waals surface area contributed by atoms with E-state index in [0.29, 0.717) is 23.4 Å². The van der Waals surface area contributed by atoms with Gasteiger partial charge in [-0.2, -0.15) is 5.26 Å². The fourth-order valence-electron chi connectivity index (χ4n) is 1.96. The van der Waals surface area contributed by atoms with Crippen molar-refractivity contribution in [2.45, 2.75) is 19.3 Å². The Morgan fingerprint density at radius 3 is 2.84 bits per heavy atom. The van der Waals surface area contributed by atoms with Crippen molar-refractivity contribution in [3.8, 4) is 11.8 Å². The van der Waals surface area contributed by atoms with Crippen molar-refractivity contribution in [2.24, 2.45) is 5.41 Å². The van der Waals surface area contributed by atoms with Gasteiger partial charge in [0, 0.05) is 11.8 Å². The number of nitrogen functional groups attached to an aromatic ring is 1. The summed E-state index contributed by atoms with van der Waals surface area (Å²) >= 11 is 0. The number of carbonyl (C=O) groups excluding carboxylic acids is 1. The SMILES string of the molecule is COc1c(N)cccc1C(=O)OCC1(CC#N)CC1. The Balaban J connectivity index is 2.05. The number of nitrogens with two attached hydrogens (primary N) is 1. The van der Waals surface area contributed by atoms with Crippen molar-refractivity contribution in [1.82, 2.24) is 0 Å². The van der Waals surface area contributed by atoms with Crippen LogP contribution in [0.15, 0.2) is 18.2 Å². The molecule has 1 aromatic rings. The van der Waals surface area contributed by atoms with Gasteiger partial charge in [0.1, 0.15) is 5.56 Å². The van der Waals surface area contributed by atoms with Crippen LogP contribution in [0, 0.1) is 16.7 Å². The molecule has 1 saturated carbocycles. The highest BCUT2D eigenvalue weighted by Gasteiger charge is 2.43. The molecule has 0 amide bonds. The molecule has 0 spiro atoms. The van der Waals surface area contributed by atoms with Gasteiger partial charge in [-0.15, -0.1) is 0 Å². The van der Waals surface area contributed by atoms with E-state index in [9.17, 15) is 4.79 Å². The summed E-state index contributed by atoms with van der Waals surface area (Å²) in [5, 5.41) is 8.72. The summed E-state index contributed by atoms with van der Waals surface area (Å²) in [5.74, 6) is -0.133. The Labute approximate surface area is 111 Å². The minimum absolute atomic E-state index is 0.127. The van der Waals surface area contributed by atoms with Crippen molar-refractivity contribution >= 4 is 11.7 Å². The zero-order valence-electron chi connectivity index (χ0n) is 10.8. The monoisotopic (exact) mass is 260 g/mol. The van der Waals surface area contributed by atoms with Gasteiger partial charge in [-0.3, -0.25) is 0 Å². The molecule has 0 atom stereocenters. The molecule has 0 heterocycles. The van der Waals surface area contributed by atoms with E-state index in [4.69, 9.17) is 20.5 Å². The molecular weight excluding hydrogens is 244 g/mol. The maximum Gasteiger partial charge on any atom is 0.342 e. The zero-order chi connectivity index (χ0) is 13.9. The predicted molar refractivity (Wildman–Crippen MR) is 69.6 cm³/mol. The first-order valence-corrected chi connectivity index (χ1v) is 6.08. The van der Waals surface area contributed by atoms with Crippen LogP contribution < -0.4 is 10.5 Å². The third-order valence-corrected chi connectivity index (χ3v) is 3.39. The maximum atomic E-state index is 12.0. The highest BCUT2D eigenvalue weighted by molar-refractivity contribution is 5.94. The molecule has 1 fully saturated rings. The van der Waals surface area contributed by atoms with Crippen molar-refractivity contribution in [3.05, 3.63) is 23.8 Å². The van der Waals surface area contributed by atoms with E-state index in [1.165, 1.54) is 7.11 Å². The minimum atomic E-state index is -0.464. The van der Waals surface area contributed by atoms with E-state index in [1.807, 2.05) is 0 Å². The number of esters is 1. The number of hydrogen-bond donors (Lipinski definition) is 1. The molecule has 2 N–H and O–H groups in total. The van der Waals surface area contributed by atoms with Gasteiger partial charge >= 0.3 is 5.97 Å². The molecule has 1 aliphatic rings. The summed E-state index contributed by atoms with van der Waals surface area (Å²) in [4.78, 5) is 12.0. The van der Waals surface area contributed by atoms with Gasteiger partial charge in [-0.25, -0.2) is 4.79 Å². The van der Waals surface area contributed by atoms with Crippen LogP contribution >= 0.6 is 0 Å². The summed E-state index contributed by atoms with van der Waals surface area (Å²) < 4.78 is 10.4. The van der Waals surface area contributed by atoms with E-state index >= 15 is 0 Å². The van der Waals surface area contributed by atoms with Crippen LogP contribution in [0.2, 0.25) is 0 Å². The fraction of sp³-hybridized carbons (Fsp3) is 0.429. The van der Waals surface area contributed by atoms with Gasteiger partial charge in [0.2, 0.25) is 0 Å². The Bertz CT molecular complexity index is 530. The summed E-state index contributed by atoms with van der Waals surface area (Å²) in [6, 6.07) is 7.08. The zero-order valence-corrected chi connectivity index (χ0v) is 10.8. The lowest BCUT2D eigenvalue weighted by atomic mass is 10.1. The van der Waals surface area contributed by atoms with Crippen molar-refractivity contribution in [3.63, 3.8) is 0 Å². The number of nitriles is 1. The summed E-state index contributed by atoms with van der Waals surface area (Å²) in [6.07, 6.45) is 2.29. The molecular formula is C14H16N2O3. The number of benzene rings is 1. The van der Waals surface area contributed by atoms with Gasteiger partial charge < -0.3 is 15.2 Å². The van der Waals surface area contributed by atoms with Crippen molar-refractivity contribution in [2.75, 3.05) is 19.5 Å². The number of anilines is 1. The van der Waals surface area contributed by atoms with Crippen molar-refractivity contribution < 1.29 is 14.3 Å². The normalized spacial score (nSPS) is 15.4. The highest BCUT2D eigenvalue weighted by atomic mass is 16.5. The van der Waals surface area contributed by atoms with E-state index in [-0.39, 0.29) is 12.0 Å². The number of nitrogens with zero attached hydrogens (tertiary/aromatic N) is 1. The van der Waals surface area contributed by atoms with E-state index in [1.54, 1.807) is 18.2 Å². The van der Waals surface area contributed by atoms with Crippen LogP contribution in [-0.4, -0.2) is 19.7 Å². The summed E-state index contributed by atoms with van der Waals surface area (Å²) in [6.45, 7) is 0.275. The summed E-state index contributed by atoms with van der Waals surface area (Å²) in [5.41, 5.74) is 6.32. The van der Waals surface area contributed by atoms with Crippen molar-refractivity contribution in [1.29, 1.82) is 5.26 Å². The average molecular weight is 260 g/mol. The van der Waals surface area contributed by atoms with Crippen LogP contribution in [0.4, 0.5) is 5.69 Å². The average Bonchev–Trinajstić information content (AvgIpc) is 3.16. The molecule has 19 heavy (non-hydrogen) atoms. The second kappa shape index (κ2) is 5.19. The smallest absolute Gasteiger partial charge is 0.342 e. The summed E-state index contributed by atoms with van der Waals surface area (Å²) in [7, 11) is 1.46. The standard InChI is InChI=1S/C14H16N2O3/c1-18-12-10(3-2-4-11(12)16)13(17)19-9-14(5-6-14)7-8-15/h2-4H,5-7,9,16H2,1H3. The molecule has 5 heteroatoms. The number of hydrogen-bond acceptors (Lipinski definition) is 5. The third-order valence-electron chi connectivity index (χ3n) is 3.39. The Hall–Kier alpha value is -2.22.